The lowest BCUT2D eigenvalue weighted by Crippen LogP contribution is -2.04. The lowest BCUT2D eigenvalue weighted by molar-refractivity contribution is 0.576. The molecule has 0 fully saturated rings. The molecule has 0 aliphatic rings. The molecule has 2 aromatic heterocycles. The van der Waals surface area contributed by atoms with Gasteiger partial charge in [0, 0.05) is 18.3 Å². The average Bonchev–Trinajstić information content (AvgIpc) is 2.72. The van der Waals surface area contributed by atoms with E-state index >= 15 is 0 Å². The standard InChI is InChI=1S/C12H14BrN3O/c1-3-5-14-10-7-8(2)15-12(16-10)11-9(13)4-6-17-11/h4,6-7H,3,5H2,1-2H3,(H,14,15,16). The fourth-order valence-electron chi connectivity index (χ4n) is 1.47. The zero-order valence-corrected chi connectivity index (χ0v) is 11.4. The van der Waals surface area contributed by atoms with Crippen LogP contribution in [0.5, 0.6) is 0 Å². The van der Waals surface area contributed by atoms with Crippen LogP contribution in [0.15, 0.2) is 27.3 Å². The van der Waals surface area contributed by atoms with Crippen molar-refractivity contribution < 1.29 is 4.42 Å². The van der Waals surface area contributed by atoms with Crippen molar-refractivity contribution in [1.82, 2.24) is 9.97 Å². The number of hydrogen-bond acceptors (Lipinski definition) is 4. The summed E-state index contributed by atoms with van der Waals surface area (Å²) in [6.07, 6.45) is 2.67. The molecular formula is C12H14BrN3O. The van der Waals surface area contributed by atoms with E-state index in [1.165, 1.54) is 0 Å². The zero-order valence-electron chi connectivity index (χ0n) is 9.83. The van der Waals surface area contributed by atoms with E-state index in [-0.39, 0.29) is 0 Å². The van der Waals surface area contributed by atoms with Crippen LogP contribution in [0.1, 0.15) is 19.0 Å². The maximum Gasteiger partial charge on any atom is 0.199 e. The van der Waals surface area contributed by atoms with Crippen LogP contribution in [0.4, 0.5) is 5.82 Å². The molecule has 4 nitrogen and oxygen atoms in total. The van der Waals surface area contributed by atoms with Gasteiger partial charge in [-0.1, -0.05) is 6.92 Å². The molecule has 0 amide bonds. The minimum absolute atomic E-state index is 0.598. The number of nitrogens with zero attached hydrogens (tertiary/aromatic N) is 2. The molecule has 2 heterocycles. The first-order valence-corrected chi connectivity index (χ1v) is 6.33. The molecule has 0 saturated carbocycles. The molecule has 0 aliphatic heterocycles. The molecular weight excluding hydrogens is 282 g/mol. The van der Waals surface area contributed by atoms with Crippen molar-refractivity contribution in [2.45, 2.75) is 20.3 Å². The Morgan fingerprint density at radius 1 is 1.41 bits per heavy atom. The van der Waals surface area contributed by atoms with Crippen molar-refractivity contribution in [2.24, 2.45) is 0 Å². The Hall–Kier alpha value is -1.36. The first-order valence-electron chi connectivity index (χ1n) is 5.53. The molecule has 0 aliphatic carbocycles. The number of rotatable bonds is 4. The monoisotopic (exact) mass is 295 g/mol. The van der Waals surface area contributed by atoms with E-state index in [2.05, 4.69) is 38.1 Å². The van der Waals surface area contributed by atoms with Gasteiger partial charge in [-0.3, -0.25) is 0 Å². The van der Waals surface area contributed by atoms with Crippen molar-refractivity contribution in [3.63, 3.8) is 0 Å². The summed E-state index contributed by atoms with van der Waals surface area (Å²) in [6.45, 7) is 4.96. The van der Waals surface area contributed by atoms with Crippen LogP contribution in [0.2, 0.25) is 0 Å². The van der Waals surface area contributed by atoms with E-state index in [0.717, 1.165) is 29.0 Å². The van der Waals surface area contributed by atoms with Gasteiger partial charge in [0.15, 0.2) is 11.6 Å². The van der Waals surface area contributed by atoms with Crippen LogP contribution in [-0.4, -0.2) is 16.5 Å². The summed E-state index contributed by atoms with van der Waals surface area (Å²) >= 11 is 3.41. The van der Waals surface area contributed by atoms with Gasteiger partial charge in [0.05, 0.1) is 10.7 Å². The van der Waals surface area contributed by atoms with E-state index in [9.17, 15) is 0 Å². The third-order valence-corrected chi connectivity index (χ3v) is 2.86. The Morgan fingerprint density at radius 3 is 2.88 bits per heavy atom. The van der Waals surface area contributed by atoms with Gasteiger partial charge >= 0.3 is 0 Å². The topological polar surface area (TPSA) is 51.0 Å². The van der Waals surface area contributed by atoms with Crippen LogP contribution >= 0.6 is 15.9 Å². The minimum Gasteiger partial charge on any atom is -0.460 e. The molecule has 1 N–H and O–H groups in total. The lowest BCUT2D eigenvalue weighted by Gasteiger charge is -2.06. The Morgan fingerprint density at radius 2 is 2.24 bits per heavy atom. The van der Waals surface area contributed by atoms with Crippen molar-refractivity contribution >= 4 is 21.7 Å². The van der Waals surface area contributed by atoms with Crippen LogP contribution in [0.3, 0.4) is 0 Å². The molecule has 2 rings (SSSR count). The molecule has 0 atom stereocenters. The van der Waals surface area contributed by atoms with Gasteiger partial charge in [-0.05, 0) is 35.3 Å². The molecule has 0 bridgehead atoms. The van der Waals surface area contributed by atoms with Crippen molar-refractivity contribution in [3.8, 4) is 11.6 Å². The third-order valence-electron chi connectivity index (χ3n) is 2.23. The Kier molecular flexibility index (Phi) is 3.78. The van der Waals surface area contributed by atoms with Gasteiger partial charge in [-0.25, -0.2) is 9.97 Å². The molecule has 0 spiro atoms. The summed E-state index contributed by atoms with van der Waals surface area (Å²) in [5.74, 6) is 2.09. The highest BCUT2D eigenvalue weighted by molar-refractivity contribution is 9.10. The number of hydrogen-bond donors (Lipinski definition) is 1. The van der Waals surface area contributed by atoms with E-state index in [1.807, 2.05) is 19.1 Å². The molecule has 90 valence electrons. The van der Waals surface area contributed by atoms with Crippen molar-refractivity contribution in [3.05, 3.63) is 28.6 Å². The molecule has 0 saturated heterocycles. The van der Waals surface area contributed by atoms with Crippen molar-refractivity contribution in [2.75, 3.05) is 11.9 Å². The molecule has 0 unspecified atom stereocenters. The maximum atomic E-state index is 5.37. The highest BCUT2D eigenvalue weighted by atomic mass is 79.9. The predicted molar refractivity (Wildman–Crippen MR) is 71.0 cm³/mol. The number of halogens is 1. The summed E-state index contributed by atoms with van der Waals surface area (Å²) in [7, 11) is 0. The fourth-order valence-corrected chi connectivity index (χ4v) is 1.85. The smallest absolute Gasteiger partial charge is 0.199 e. The van der Waals surface area contributed by atoms with E-state index in [1.54, 1.807) is 6.26 Å². The number of aryl methyl sites for hydroxylation is 1. The molecule has 0 radical (unpaired) electrons. The van der Waals surface area contributed by atoms with Gasteiger partial charge in [-0.15, -0.1) is 0 Å². The predicted octanol–water partition coefficient (Wildman–Crippen LogP) is 3.63. The average molecular weight is 296 g/mol. The Labute approximate surface area is 109 Å². The van der Waals surface area contributed by atoms with Crippen LogP contribution < -0.4 is 5.32 Å². The lowest BCUT2D eigenvalue weighted by atomic mass is 10.3. The molecule has 0 aromatic carbocycles. The van der Waals surface area contributed by atoms with E-state index < -0.39 is 0 Å². The van der Waals surface area contributed by atoms with Gasteiger partial charge in [0.25, 0.3) is 0 Å². The largest absolute Gasteiger partial charge is 0.460 e. The SMILES string of the molecule is CCCNc1cc(C)nc(-c2occc2Br)n1. The van der Waals surface area contributed by atoms with Gasteiger partial charge < -0.3 is 9.73 Å². The minimum atomic E-state index is 0.598. The van der Waals surface area contributed by atoms with Crippen LogP contribution in [-0.2, 0) is 0 Å². The molecule has 5 heteroatoms. The van der Waals surface area contributed by atoms with Crippen LogP contribution in [0, 0.1) is 6.92 Å². The van der Waals surface area contributed by atoms with Gasteiger partial charge in [-0.2, -0.15) is 0 Å². The van der Waals surface area contributed by atoms with E-state index in [4.69, 9.17) is 4.42 Å². The highest BCUT2D eigenvalue weighted by Crippen LogP contribution is 2.27. The molecule has 17 heavy (non-hydrogen) atoms. The van der Waals surface area contributed by atoms with E-state index in [0.29, 0.717) is 11.6 Å². The Balaban J connectivity index is 2.35. The van der Waals surface area contributed by atoms with Crippen LogP contribution in [0.25, 0.3) is 11.6 Å². The Bertz CT molecular complexity index is 510. The van der Waals surface area contributed by atoms with Gasteiger partial charge in [0.1, 0.15) is 5.82 Å². The quantitative estimate of drug-likeness (QED) is 0.936. The summed E-state index contributed by atoms with van der Waals surface area (Å²) in [6, 6.07) is 3.76. The van der Waals surface area contributed by atoms with Crippen molar-refractivity contribution in [1.29, 1.82) is 0 Å². The second kappa shape index (κ2) is 5.31. The summed E-state index contributed by atoms with van der Waals surface area (Å²) in [5, 5.41) is 3.25. The third kappa shape index (κ3) is 2.85. The first-order chi connectivity index (χ1) is 8.20. The first kappa shape index (κ1) is 12.1. The summed E-state index contributed by atoms with van der Waals surface area (Å²) < 4.78 is 6.23. The summed E-state index contributed by atoms with van der Waals surface area (Å²) in [5.41, 5.74) is 0.914. The number of aromatic nitrogens is 2. The summed E-state index contributed by atoms with van der Waals surface area (Å²) in [4.78, 5) is 8.80. The zero-order chi connectivity index (χ0) is 12.3. The fraction of sp³-hybridized carbons (Fsp3) is 0.333. The number of furan rings is 1. The second-order valence-corrected chi connectivity index (χ2v) is 4.60. The van der Waals surface area contributed by atoms with Gasteiger partial charge in [0.2, 0.25) is 0 Å². The number of anilines is 1. The second-order valence-electron chi connectivity index (χ2n) is 3.74. The number of nitrogens with one attached hydrogen (secondary N) is 1. The highest BCUT2D eigenvalue weighted by Gasteiger charge is 2.11. The normalized spacial score (nSPS) is 10.5. The molecule has 2 aromatic rings. The maximum absolute atomic E-state index is 5.37.